The van der Waals surface area contributed by atoms with Crippen molar-refractivity contribution in [3.63, 3.8) is 0 Å². The highest BCUT2D eigenvalue weighted by molar-refractivity contribution is 9.10. The van der Waals surface area contributed by atoms with Crippen LogP contribution in [0.3, 0.4) is 0 Å². The molecule has 1 aliphatic heterocycles. The molecule has 0 radical (unpaired) electrons. The highest BCUT2D eigenvalue weighted by Gasteiger charge is 2.48. The van der Waals surface area contributed by atoms with E-state index in [1.807, 2.05) is 17.0 Å². The van der Waals surface area contributed by atoms with Crippen LogP contribution >= 0.6 is 15.9 Å². The van der Waals surface area contributed by atoms with E-state index in [0.717, 1.165) is 48.7 Å². The van der Waals surface area contributed by atoms with Crippen LogP contribution in [0.4, 0.5) is 0 Å². The third kappa shape index (κ3) is 2.40. The van der Waals surface area contributed by atoms with Crippen LogP contribution in [0.25, 0.3) is 0 Å². The van der Waals surface area contributed by atoms with Crippen molar-refractivity contribution in [2.24, 2.45) is 0 Å². The van der Waals surface area contributed by atoms with Gasteiger partial charge in [0.05, 0.1) is 11.5 Å². The van der Waals surface area contributed by atoms with Crippen LogP contribution < -0.4 is 0 Å². The van der Waals surface area contributed by atoms with E-state index in [0.29, 0.717) is 6.54 Å². The van der Waals surface area contributed by atoms with Crippen LogP contribution in [-0.2, 0) is 10.2 Å². The Hall–Kier alpha value is -0.870. The number of nitrogens with zero attached hydrogens (tertiary/aromatic N) is 1. The number of aliphatic hydroxyl groups is 1. The second-order valence-corrected chi connectivity index (χ2v) is 6.91. The maximum absolute atomic E-state index is 12.9. The van der Waals surface area contributed by atoms with Gasteiger partial charge in [0.25, 0.3) is 0 Å². The summed E-state index contributed by atoms with van der Waals surface area (Å²) in [6.45, 7) is 1.28. The molecule has 1 aliphatic carbocycles. The van der Waals surface area contributed by atoms with E-state index in [4.69, 9.17) is 0 Å². The number of amides is 1. The SMILES string of the molecule is O=C(N1CCCC(O)C1)C1(c2ccc(Br)cc2)CCC1. The Morgan fingerprint density at radius 2 is 1.95 bits per heavy atom. The lowest BCUT2D eigenvalue weighted by molar-refractivity contribution is -0.144. The van der Waals surface area contributed by atoms with E-state index < -0.39 is 0 Å². The van der Waals surface area contributed by atoms with Crippen molar-refractivity contribution in [3.8, 4) is 0 Å². The lowest BCUT2D eigenvalue weighted by atomic mass is 9.63. The van der Waals surface area contributed by atoms with E-state index in [-0.39, 0.29) is 17.4 Å². The van der Waals surface area contributed by atoms with Gasteiger partial charge in [0.1, 0.15) is 0 Å². The summed E-state index contributed by atoms with van der Waals surface area (Å²) in [5, 5.41) is 9.79. The predicted molar refractivity (Wildman–Crippen MR) is 81.5 cm³/mol. The van der Waals surface area contributed by atoms with Crippen molar-refractivity contribution in [1.29, 1.82) is 0 Å². The molecular weight excluding hydrogens is 318 g/mol. The molecule has 20 heavy (non-hydrogen) atoms. The lowest BCUT2D eigenvalue weighted by Gasteiger charge is -2.45. The van der Waals surface area contributed by atoms with E-state index in [1.54, 1.807) is 0 Å². The fraction of sp³-hybridized carbons (Fsp3) is 0.562. The summed E-state index contributed by atoms with van der Waals surface area (Å²) >= 11 is 3.45. The monoisotopic (exact) mass is 337 g/mol. The molecule has 108 valence electrons. The first-order valence-electron chi connectivity index (χ1n) is 7.35. The Labute approximate surface area is 128 Å². The first-order chi connectivity index (χ1) is 9.62. The molecule has 1 aromatic carbocycles. The number of carbonyl (C=O) groups excluding carboxylic acids is 1. The Kier molecular flexibility index (Phi) is 3.87. The zero-order valence-corrected chi connectivity index (χ0v) is 13.1. The van der Waals surface area contributed by atoms with E-state index in [9.17, 15) is 9.90 Å². The molecule has 1 saturated carbocycles. The topological polar surface area (TPSA) is 40.5 Å². The highest BCUT2D eigenvalue weighted by Crippen LogP contribution is 2.45. The highest BCUT2D eigenvalue weighted by atomic mass is 79.9. The number of benzene rings is 1. The van der Waals surface area contributed by atoms with Crippen molar-refractivity contribution in [3.05, 3.63) is 34.3 Å². The van der Waals surface area contributed by atoms with Crippen LogP contribution in [0.2, 0.25) is 0 Å². The Bertz CT molecular complexity index is 496. The van der Waals surface area contributed by atoms with Crippen LogP contribution in [0.5, 0.6) is 0 Å². The van der Waals surface area contributed by atoms with E-state index >= 15 is 0 Å². The largest absolute Gasteiger partial charge is 0.391 e. The molecule has 1 N–H and O–H groups in total. The standard InChI is InChI=1S/C16H20BrNO2/c17-13-6-4-12(5-7-13)16(8-2-9-16)15(20)18-10-1-3-14(19)11-18/h4-7,14,19H,1-3,8-11H2. The minimum absolute atomic E-state index is 0.213. The molecule has 1 amide bonds. The molecule has 0 aromatic heterocycles. The molecule has 1 heterocycles. The maximum Gasteiger partial charge on any atom is 0.233 e. The molecule has 1 saturated heterocycles. The average molecular weight is 338 g/mol. The van der Waals surface area contributed by atoms with Gasteiger partial charge in [-0.05, 0) is 43.4 Å². The molecular formula is C16H20BrNO2. The lowest BCUT2D eigenvalue weighted by Crippen LogP contribution is -2.54. The summed E-state index contributed by atoms with van der Waals surface area (Å²) in [4.78, 5) is 14.8. The fourth-order valence-electron chi connectivity index (χ4n) is 3.37. The van der Waals surface area contributed by atoms with Gasteiger partial charge in [-0.15, -0.1) is 0 Å². The predicted octanol–water partition coefficient (Wildman–Crippen LogP) is 2.85. The van der Waals surface area contributed by atoms with Gasteiger partial charge in [0, 0.05) is 17.6 Å². The van der Waals surface area contributed by atoms with Gasteiger partial charge in [-0.3, -0.25) is 4.79 Å². The van der Waals surface area contributed by atoms with Crippen LogP contribution in [0.15, 0.2) is 28.7 Å². The number of carbonyl (C=O) groups is 1. The summed E-state index contributed by atoms with van der Waals surface area (Å²) < 4.78 is 1.04. The average Bonchev–Trinajstić information content (AvgIpc) is 2.39. The molecule has 3 rings (SSSR count). The van der Waals surface area contributed by atoms with Gasteiger partial charge in [-0.2, -0.15) is 0 Å². The second kappa shape index (κ2) is 5.49. The summed E-state index contributed by atoms with van der Waals surface area (Å²) in [7, 11) is 0. The number of likely N-dealkylation sites (tertiary alicyclic amines) is 1. The number of β-amino-alcohol motifs (C(OH)–C–C–N with tert-alkyl or cyclic N) is 1. The summed E-state index contributed by atoms with van der Waals surface area (Å²) in [6.07, 6.45) is 4.34. The molecule has 1 aromatic rings. The zero-order valence-electron chi connectivity index (χ0n) is 11.5. The van der Waals surface area contributed by atoms with Gasteiger partial charge < -0.3 is 10.0 Å². The van der Waals surface area contributed by atoms with E-state index in [2.05, 4.69) is 28.1 Å². The quantitative estimate of drug-likeness (QED) is 0.901. The van der Waals surface area contributed by atoms with Crippen molar-refractivity contribution in [2.75, 3.05) is 13.1 Å². The van der Waals surface area contributed by atoms with Crippen LogP contribution in [-0.4, -0.2) is 35.1 Å². The van der Waals surface area contributed by atoms with Gasteiger partial charge in [0.2, 0.25) is 5.91 Å². The summed E-state index contributed by atoms with van der Waals surface area (Å²) in [5.41, 5.74) is 0.787. The third-order valence-corrected chi connectivity index (χ3v) is 5.23. The smallest absolute Gasteiger partial charge is 0.233 e. The Balaban J connectivity index is 1.84. The molecule has 2 aliphatic rings. The zero-order chi connectivity index (χ0) is 14.2. The molecule has 1 atom stereocenters. The third-order valence-electron chi connectivity index (χ3n) is 4.70. The summed E-state index contributed by atoms with van der Waals surface area (Å²) in [5.74, 6) is 0.213. The number of hydrogen-bond acceptors (Lipinski definition) is 2. The van der Waals surface area contributed by atoms with Gasteiger partial charge in [-0.1, -0.05) is 34.5 Å². The molecule has 0 bridgehead atoms. The normalized spacial score (nSPS) is 25.1. The first-order valence-corrected chi connectivity index (χ1v) is 8.15. The van der Waals surface area contributed by atoms with Crippen molar-refractivity contribution < 1.29 is 9.90 Å². The molecule has 3 nitrogen and oxygen atoms in total. The number of rotatable bonds is 2. The molecule has 2 fully saturated rings. The van der Waals surface area contributed by atoms with Gasteiger partial charge in [0.15, 0.2) is 0 Å². The van der Waals surface area contributed by atoms with Crippen molar-refractivity contribution in [1.82, 2.24) is 4.90 Å². The van der Waals surface area contributed by atoms with Crippen molar-refractivity contribution in [2.45, 2.75) is 43.6 Å². The molecule has 1 unspecified atom stereocenters. The molecule has 0 spiro atoms. The minimum atomic E-state index is -0.352. The van der Waals surface area contributed by atoms with Crippen molar-refractivity contribution >= 4 is 21.8 Å². The van der Waals surface area contributed by atoms with Crippen LogP contribution in [0.1, 0.15) is 37.7 Å². The number of hydrogen-bond donors (Lipinski definition) is 1. The van der Waals surface area contributed by atoms with Crippen LogP contribution in [0, 0.1) is 0 Å². The van der Waals surface area contributed by atoms with Gasteiger partial charge >= 0.3 is 0 Å². The number of piperidine rings is 1. The Morgan fingerprint density at radius 3 is 2.50 bits per heavy atom. The number of halogens is 1. The molecule has 4 heteroatoms. The maximum atomic E-state index is 12.9. The second-order valence-electron chi connectivity index (χ2n) is 5.99. The van der Waals surface area contributed by atoms with Gasteiger partial charge in [-0.25, -0.2) is 0 Å². The fourth-order valence-corrected chi connectivity index (χ4v) is 3.63. The first kappa shape index (κ1) is 14.1. The number of aliphatic hydroxyl groups excluding tert-OH is 1. The van der Waals surface area contributed by atoms with E-state index in [1.165, 1.54) is 0 Å². The Morgan fingerprint density at radius 1 is 1.25 bits per heavy atom. The summed E-state index contributed by atoms with van der Waals surface area (Å²) in [6, 6.07) is 8.13. The minimum Gasteiger partial charge on any atom is -0.391 e.